The highest BCUT2D eigenvalue weighted by Crippen LogP contribution is 2.23. The number of halogens is 1. The summed E-state index contributed by atoms with van der Waals surface area (Å²) >= 11 is 3.48. The van der Waals surface area contributed by atoms with E-state index in [0.29, 0.717) is 24.8 Å². The minimum Gasteiger partial charge on any atom is -0.481 e. The molecule has 1 amide bonds. The summed E-state index contributed by atoms with van der Waals surface area (Å²) in [6.45, 7) is 7.28. The molecule has 1 rings (SSSR count). The lowest BCUT2D eigenvalue weighted by Gasteiger charge is -2.16. The van der Waals surface area contributed by atoms with Crippen molar-refractivity contribution in [3.63, 3.8) is 0 Å². The van der Waals surface area contributed by atoms with Crippen LogP contribution in [0.4, 0.5) is 0 Å². The standard InChI is InChI=1S/C16H25BrN2O2/c1-11(2)7-9-19-16(20)12(3)21-14-4-5-15(17)13(10-14)6-8-18/h4-5,10-12H,6-9,18H2,1-3H3,(H,19,20). The largest absolute Gasteiger partial charge is 0.481 e. The van der Waals surface area contributed by atoms with Crippen LogP contribution in [-0.2, 0) is 11.2 Å². The fourth-order valence-corrected chi connectivity index (χ4v) is 2.30. The first kappa shape index (κ1) is 18.0. The van der Waals surface area contributed by atoms with Gasteiger partial charge in [-0.15, -0.1) is 0 Å². The van der Waals surface area contributed by atoms with E-state index in [1.165, 1.54) is 0 Å². The number of nitrogens with one attached hydrogen (secondary N) is 1. The van der Waals surface area contributed by atoms with Crippen molar-refractivity contribution in [2.75, 3.05) is 13.1 Å². The van der Waals surface area contributed by atoms with Crippen molar-refractivity contribution in [1.29, 1.82) is 0 Å². The van der Waals surface area contributed by atoms with Crippen molar-refractivity contribution >= 4 is 21.8 Å². The van der Waals surface area contributed by atoms with Crippen LogP contribution in [0.2, 0.25) is 0 Å². The van der Waals surface area contributed by atoms with Gasteiger partial charge in [0.2, 0.25) is 0 Å². The molecule has 0 radical (unpaired) electrons. The molecule has 1 atom stereocenters. The van der Waals surface area contributed by atoms with Gasteiger partial charge in [0.15, 0.2) is 6.10 Å². The Morgan fingerprint density at radius 3 is 2.71 bits per heavy atom. The number of ether oxygens (including phenoxy) is 1. The summed E-state index contributed by atoms with van der Waals surface area (Å²) in [6.07, 6.45) is 1.23. The summed E-state index contributed by atoms with van der Waals surface area (Å²) in [7, 11) is 0. The predicted octanol–water partition coefficient (Wildman–Crippen LogP) is 2.88. The second-order valence-electron chi connectivity index (χ2n) is 5.53. The quantitative estimate of drug-likeness (QED) is 0.752. The summed E-state index contributed by atoms with van der Waals surface area (Å²) in [6, 6.07) is 5.69. The Morgan fingerprint density at radius 1 is 1.38 bits per heavy atom. The molecule has 3 N–H and O–H groups in total. The maximum Gasteiger partial charge on any atom is 0.260 e. The van der Waals surface area contributed by atoms with Crippen molar-refractivity contribution in [2.24, 2.45) is 11.7 Å². The molecule has 21 heavy (non-hydrogen) atoms. The van der Waals surface area contributed by atoms with Crippen LogP contribution in [0.15, 0.2) is 22.7 Å². The zero-order valence-electron chi connectivity index (χ0n) is 13.0. The number of hydrogen-bond donors (Lipinski definition) is 2. The maximum atomic E-state index is 11.9. The third-order valence-electron chi connectivity index (χ3n) is 3.13. The first-order chi connectivity index (χ1) is 9.93. The van der Waals surface area contributed by atoms with Crippen molar-refractivity contribution in [3.05, 3.63) is 28.2 Å². The highest BCUT2D eigenvalue weighted by atomic mass is 79.9. The molecule has 0 heterocycles. The van der Waals surface area contributed by atoms with Gasteiger partial charge < -0.3 is 15.8 Å². The lowest BCUT2D eigenvalue weighted by atomic mass is 10.1. The van der Waals surface area contributed by atoms with Crippen molar-refractivity contribution < 1.29 is 9.53 Å². The second-order valence-corrected chi connectivity index (χ2v) is 6.38. The average Bonchev–Trinajstić information content (AvgIpc) is 2.42. The zero-order chi connectivity index (χ0) is 15.8. The molecule has 118 valence electrons. The molecular formula is C16H25BrN2O2. The van der Waals surface area contributed by atoms with Gasteiger partial charge >= 0.3 is 0 Å². The molecule has 1 aromatic rings. The molecule has 0 spiro atoms. The van der Waals surface area contributed by atoms with Gasteiger partial charge in [-0.25, -0.2) is 0 Å². The molecule has 0 aliphatic heterocycles. The second kappa shape index (κ2) is 9.05. The van der Waals surface area contributed by atoms with Crippen LogP contribution >= 0.6 is 15.9 Å². The number of rotatable bonds is 8. The molecule has 0 saturated carbocycles. The summed E-state index contributed by atoms with van der Waals surface area (Å²) in [5, 5.41) is 2.89. The van der Waals surface area contributed by atoms with E-state index in [0.717, 1.165) is 22.9 Å². The Balaban J connectivity index is 2.55. The summed E-state index contributed by atoms with van der Waals surface area (Å²) < 4.78 is 6.71. The van der Waals surface area contributed by atoms with Gasteiger partial charge in [0.05, 0.1) is 0 Å². The van der Waals surface area contributed by atoms with Crippen molar-refractivity contribution in [1.82, 2.24) is 5.32 Å². The van der Waals surface area contributed by atoms with Crippen LogP contribution in [0.25, 0.3) is 0 Å². The smallest absolute Gasteiger partial charge is 0.260 e. The Morgan fingerprint density at radius 2 is 2.10 bits per heavy atom. The van der Waals surface area contributed by atoms with Gasteiger partial charge in [-0.1, -0.05) is 29.8 Å². The third kappa shape index (κ3) is 6.48. The van der Waals surface area contributed by atoms with Gasteiger partial charge in [-0.05, 0) is 56.0 Å². The van der Waals surface area contributed by atoms with Crippen LogP contribution in [0.3, 0.4) is 0 Å². The van der Waals surface area contributed by atoms with Crippen LogP contribution in [0.5, 0.6) is 5.75 Å². The number of amides is 1. The lowest BCUT2D eigenvalue weighted by molar-refractivity contribution is -0.127. The van der Waals surface area contributed by atoms with Gasteiger partial charge in [0, 0.05) is 11.0 Å². The van der Waals surface area contributed by atoms with E-state index in [1.54, 1.807) is 6.92 Å². The first-order valence-electron chi connectivity index (χ1n) is 7.37. The molecule has 5 heteroatoms. The van der Waals surface area contributed by atoms with E-state index in [9.17, 15) is 4.79 Å². The third-order valence-corrected chi connectivity index (χ3v) is 3.91. The molecule has 4 nitrogen and oxygen atoms in total. The Kier molecular flexibility index (Phi) is 7.75. The fraction of sp³-hybridized carbons (Fsp3) is 0.562. The summed E-state index contributed by atoms with van der Waals surface area (Å²) in [5.41, 5.74) is 6.67. The van der Waals surface area contributed by atoms with Crippen LogP contribution < -0.4 is 15.8 Å². The highest BCUT2D eigenvalue weighted by molar-refractivity contribution is 9.10. The average molecular weight is 357 g/mol. The molecular weight excluding hydrogens is 332 g/mol. The number of hydrogen-bond acceptors (Lipinski definition) is 3. The molecule has 1 unspecified atom stereocenters. The number of carbonyl (C=O) groups excluding carboxylic acids is 1. The first-order valence-corrected chi connectivity index (χ1v) is 8.16. The van der Waals surface area contributed by atoms with Gasteiger partial charge in [-0.2, -0.15) is 0 Å². The lowest BCUT2D eigenvalue weighted by Crippen LogP contribution is -2.37. The van der Waals surface area contributed by atoms with Crippen molar-refractivity contribution in [3.8, 4) is 5.75 Å². The van der Waals surface area contributed by atoms with E-state index >= 15 is 0 Å². The van der Waals surface area contributed by atoms with Crippen LogP contribution in [0, 0.1) is 5.92 Å². The number of carbonyl (C=O) groups is 1. The molecule has 0 aromatic heterocycles. The SMILES string of the molecule is CC(C)CCNC(=O)C(C)Oc1ccc(Br)c(CCN)c1. The molecule has 0 fully saturated rings. The molecule has 0 saturated heterocycles. The molecule has 0 aliphatic rings. The van der Waals surface area contributed by atoms with E-state index in [1.807, 2.05) is 18.2 Å². The number of benzene rings is 1. The van der Waals surface area contributed by atoms with Crippen LogP contribution in [-0.4, -0.2) is 25.1 Å². The van der Waals surface area contributed by atoms with Gasteiger partial charge in [-0.3, -0.25) is 4.79 Å². The van der Waals surface area contributed by atoms with Gasteiger partial charge in [0.1, 0.15) is 5.75 Å². The summed E-state index contributed by atoms with van der Waals surface area (Å²) in [4.78, 5) is 11.9. The predicted molar refractivity (Wildman–Crippen MR) is 89.5 cm³/mol. The molecule has 1 aromatic carbocycles. The zero-order valence-corrected chi connectivity index (χ0v) is 14.6. The Hall–Kier alpha value is -1.07. The normalized spacial score (nSPS) is 12.3. The van der Waals surface area contributed by atoms with Crippen LogP contribution in [0.1, 0.15) is 32.8 Å². The minimum absolute atomic E-state index is 0.0843. The van der Waals surface area contributed by atoms with Crippen molar-refractivity contribution in [2.45, 2.75) is 39.7 Å². The van der Waals surface area contributed by atoms with E-state index in [4.69, 9.17) is 10.5 Å². The Labute approximate surface area is 135 Å². The van der Waals surface area contributed by atoms with E-state index < -0.39 is 6.10 Å². The monoisotopic (exact) mass is 356 g/mol. The summed E-state index contributed by atoms with van der Waals surface area (Å²) in [5.74, 6) is 1.18. The molecule has 0 aliphatic carbocycles. The molecule has 0 bridgehead atoms. The number of nitrogens with two attached hydrogens (primary N) is 1. The highest BCUT2D eigenvalue weighted by Gasteiger charge is 2.14. The van der Waals surface area contributed by atoms with E-state index in [2.05, 4.69) is 35.1 Å². The fourth-order valence-electron chi connectivity index (χ4n) is 1.86. The van der Waals surface area contributed by atoms with E-state index in [-0.39, 0.29) is 5.91 Å². The maximum absolute atomic E-state index is 11.9. The topological polar surface area (TPSA) is 64.3 Å². The Bertz CT molecular complexity index is 464. The van der Waals surface area contributed by atoms with Gasteiger partial charge in [0.25, 0.3) is 5.91 Å². The minimum atomic E-state index is -0.510.